The first kappa shape index (κ1) is 21.1. The average molecular weight is 347 g/mol. The van der Waals surface area contributed by atoms with E-state index in [0.717, 1.165) is 22.6 Å². The van der Waals surface area contributed by atoms with Gasteiger partial charge < -0.3 is 15.8 Å². The summed E-state index contributed by atoms with van der Waals surface area (Å²) in [5, 5.41) is 2.90. The van der Waals surface area contributed by atoms with Crippen LogP contribution in [0.3, 0.4) is 0 Å². The minimum absolute atomic E-state index is 0. The highest BCUT2D eigenvalue weighted by atomic mass is 35.5. The van der Waals surface area contributed by atoms with Gasteiger partial charge >= 0.3 is 0 Å². The molecule has 0 aliphatic rings. The minimum atomic E-state index is -0.444. The molecule has 0 radical (unpaired) electrons. The number of para-hydroxylation sites is 1. The van der Waals surface area contributed by atoms with Crippen molar-refractivity contribution >= 4 is 30.1 Å². The van der Waals surface area contributed by atoms with Gasteiger partial charge in [0, 0.05) is 0 Å². The molecule has 22 heavy (non-hydrogen) atoms. The van der Waals surface area contributed by atoms with E-state index in [4.69, 9.17) is 10.5 Å². The predicted octanol–water partition coefficient (Wildman–Crippen LogP) is 2.69. The molecule has 0 heterocycles. The molecule has 0 aromatic heterocycles. The fourth-order valence-corrected chi connectivity index (χ4v) is 2.49. The summed E-state index contributed by atoms with van der Waals surface area (Å²) in [6.07, 6.45) is 2.70. The second kappa shape index (κ2) is 10.8. The van der Waals surface area contributed by atoms with Crippen molar-refractivity contribution in [3.8, 4) is 5.75 Å². The topological polar surface area (TPSA) is 64.4 Å². The summed E-state index contributed by atoms with van der Waals surface area (Å²) in [5.74, 6) is 1.67. The van der Waals surface area contributed by atoms with Gasteiger partial charge in [0.15, 0.2) is 0 Å². The van der Waals surface area contributed by atoms with Gasteiger partial charge in [0.2, 0.25) is 5.91 Å². The number of halogens is 1. The van der Waals surface area contributed by atoms with Gasteiger partial charge in [-0.1, -0.05) is 18.2 Å². The molecule has 1 unspecified atom stereocenters. The first-order valence-corrected chi connectivity index (χ1v) is 8.59. The van der Waals surface area contributed by atoms with Crippen LogP contribution in [0.5, 0.6) is 5.75 Å². The van der Waals surface area contributed by atoms with E-state index in [1.165, 1.54) is 0 Å². The Labute approximate surface area is 144 Å². The largest absolute Gasteiger partial charge is 0.491 e. The molecule has 0 aliphatic carbocycles. The molecule has 0 bridgehead atoms. The first-order valence-electron chi connectivity index (χ1n) is 7.19. The van der Waals surface area contributed by atoms with Crippen LogP contribution in [-0.2, 0) is 4.79 Å². The Morgan fingerprint density at radius 2 is 1.95 bits per heavy atom. The molecule has 1 aromatic carbocycles. The number of hydrogen-bond donors (Lipinski definition) is 2. The zero-order valence-corrected chi connectivity index (χ0v) is 15.4. The Morgan fingerprint density at radius 1 is 1.36 bits per heavy atom. The number of amides is 1. The first-order chi connectivity index (χ1) is 9.95. The van der Waals surface area contributed by atoms with Crippen molar-refractivity contribution < 1.29 is 9.53 Å². The Bertz CT molecular complexity index is 451. The van der Waals surface area contributed by atoms with E-state index in [2.05, 4.69) is 5.32 Å². The van der Waals surface area contributed by atoms with Gasteiger partial charge in [0.25, 0.3) is 0 Å². The molecule has 0 aliphatic heterocycles. The summed E-state index contributed by atoms with van der Waals surface area (Å²) >= 11 is 1.69. The molecule has 1 aromatic rings. The number of aryl methyl sites for hydroxylation is 2. The highest BCUT2D eigenvalue weighted by Crippen LogP contribution is 2.22. The number of nitrogens with one attached hydrogen (secondary N) is 1. The van der Waals surface area contributed by atoms with E-state index < -0.39 is 6.04 Å². The van der Waals surface area contributed by atoms with Crippen LogP contribution in [0.25, 0.3) is 0 Å². The smallest absolute Gasteiger partial charge is 0.237 e. The normalized spacial score (nSPS) is 13.0. The van der Waals surface area contributed by atoms with Crippen molar-refractivity contribution in [3.05, 3.63) is 29.3 Å². The molecule has 0 fully saturated rings. The summed E-state index contributed by atoms with van der Waals surface area (Å²) in [7, 11) is 0. The third kappa shape index (κ3) is 6.90. The zero-order chi connectivity index (χ0) is 15.8. The second-order valence-electron chi connectivity index (χ2n) is 5.33. The standard InChI is InChI=1S/C16H26N2O2S.ClH/c1-11-6-5-7-12(2)15(11)20-10-13(3)18-16(19)14(17)8-9-21-4;/h5-7,13-14H,8-10,17H2,1-4H3,(H,18,19);1H/t13?,14-;/m0./s1. The molecule has 6 heteroatoms. The Morgan fingerprint density at radius 3 is 2.50 bits per heavy atom. The van der Waals surface area contributed by atoms with E-state index in [-0.39, 0.29) is 24.4 Å². The Kier molecular flexibility index (Phi) is 10.3. The van der Waals surface area contributed by atoms with Gasteiger partial charge in [0.1, 0.15) is 12.4 Å². The molecule has 0 spiro atoms. The number of carbonyl (C=O) groups excluding carboxylic acids is 1. The summed E-state index contributed by atoms with van der Waals surface area (Å²) in [5.41, 5.74) is 8.04. The van der Waals surface area contributed by atoms with Crippen LogP contribution in [0.15, 0.2) is 18.2 Å². The number of ether oxygens (including phenoxy) is 1. The van der Waals surface area contributed by atoms with Crippen molar-refractivity contribution in [3.63, 3.8) is 0 Å². The quantitative estimate of drug-likeness (QED) is 0.759. The van der Waals surface area contributed by atoms with E-state index >= 15 is 0 Å². The van der Waals surface area contributed by atoms with Crippen LogP contribution in [0.1, 0.15) is 24.5 Å². The van der Waals surface area contributed by atoms with Gasteiger partial charge in [-0.15, -0.1) is 12.4 Å². The van der Waals surface area contributed by atoms with Gasteiger partial charge in [0.05, 0.1) is 12.1 Å². The monoisotopic (exact) mass is 346 g/mol. The van der Waals surface area contributed by atoms with Gasteiger partial charge in [-0.3, -0.25) is 4.79 Å². The Hall–Kier alpha value is -0.910. The van der Waals surface area contributed by atoms with Crippen molar-refractivity contribution in [1.82, 2.24) is 5.32 Å². The molecular formula is C16H27ClN2O2S. The lowest BCUT2D eigenvalue weighted by molar-refractivity contribution is -0.123. The van der Waals surface area contributed by atoms with Gasteiger partial charge in [-0.05, 0) is 50.3 Å². The number of rotatable bonds is 8. The van der Waals surface area contributed by atoms with Crippen LogP contribution in [0, 0.1) is 13.8 Å². The lowest BCUT2D eigenvalue weighted by Crippen LogP contribution is -2.46. The van der Waals surface area contributed by atoms with Crippen molar-refractivity contribution in [2.24, 2.45) is 5.73 Å². The number of benzene rings is 1. The maximum absolute atomic E-state index is 11.9. The fraction of sp³-hybridized carbons (Fsp3) is 0.562. The van der Waals surface area contributed by atoms with Gasteiger partial charge in [-0.25, -0.2) is 0 Å². The molecule has 1 rings (SSSR count). The van der Waals surface area contributed by atoms with Crippen LogP contribution < -0.4 is 15.8 Å². The maximum Gasteiger partial charge on any atom is 0.237 e. The van der Waals surface area contributed by atoms with Crippen molar-refractivity contribution in [1.29, 1.82) is 0 Å². The minimum Gasteiger partial charge on any atom is -0.491 e. The lowest BCUT2D eigenvalue weighted by atomic mass is 10.1. The van der Waals surface area contributed by atoms with E-state index in [0.29, 0.717) is 13.0 Å². The summed E-state index contributed by atoms with van der Waals surface area (Å²) in [6, 6.07) is 5.53. The molecule has 3 N–H and O–H groups in total. The molecule has 126 valence electrons. The van der Waals surface area contributed by atoms with Crippen LogP contribution in [0.4, 0.5) is 0 Å². The van der Waals surface area contributed by atoms with Crippen molar-refractivity contribution in [2.45, 2.75) is 39.3 Å². The zero-order valence-electron chi connectivity index (χ0n) is 13.7. The number of nitrogens with two attached hydrogens (primary N) is 1. The van der Waals surface area contributed by atoms with Crippen molar-refractivity contribution in [2.75, 3.05) is 18.6 Å². The van der Waals surface area contributed by atoms with Crippen LogP contribution >= 0.6 is 24.2 Å². The summed E-state index contributed by atoms with van der Waals surface area (Å²) in [6.45, 7) is 6.40. The number of hydrogen-bond acceptors (Lipinski definition) is 4. The SMILES string of the molecule is CSCC[C@H](N)C(=O)NC(C)COc1c(C)cccc1C.Cl. The van der Waals surface area contributed by atoms with Gasteiger partial charge in [-0.2, -0.15) is 11.8 Å². The number of thioether (sulfide) groups is 1. The number of carbonyl (C=O) groups is 1. The van der Waals surface area contributed by atoms with E-state index in [1.54, 1.807) is 11.8 Å². The third-order valence-corrected chi connectivity index (χ3v) is 3.89. The average Bonchev–Trinajstić information content (AvgIpc) is 2.44. The predicted molar refractivity (Wildman–Crippen MR) is 97.2 cm³/mol. The van der Waals surface area contributed by atoms with Crippen LogP contribution in [-0.4, -0.2) is 36.6 Å². The molecule has 0 saturated carbocycles. The molecular weight excluding hydrogens is 320 g/mol. The maximum atomic E-state index is 11.9. The second-order valence-corrected chi connectivity index (χ2v) is 6.32. The fourth-order valence-electron chi connectivity index (χ4n) is 2.00. The highest BCUT2D eigenvalue weighted by molar-refractivity contribution is 7.98. The lowest BCUT2D eigenvalue weighted by Gasteiger charge is -2.19. The van der Waals surface area contributed by atoms with E-state index in [9.17, 15) is 4.79 Å². The molecule has 2 atom stereocenters. The molecule has 1 amide bonds. The molecule has 4 nitrogen and oxygen atoms in total. The van der Waals surface area contributed by atoms with Crippen LogP contribution in [0.2, 0.25) is 0 Å². The summed E-state index contributed by atoms with van der Waals surface area (Å²) in [4.78, 5) is 11.9. The Balaban J connectivity index is 0.00000441. The highest BCUT2D eigenvalue weighted by Gasteiger charge is 2.16. The third-order valence-electron chi connectivity index (χ3n) is 3.24. The summed E-state index contributed by atoms with van der Waals surface area (Å²) < 4.78 is 5.83. The van der Waals surface area contributed by atoms with E-state index in [1.807, 2.05) is 45.2 Å². The molecule has 0 saturated heterocycles.